The van der Waals surface area contributed by atoms with E-state index in [1.165, 1.54) is 0 Å². The number of aliphatic hydroxyl groups is 1. The molecule has 1 aromatic heterocycles. The second kappa shape index (κ2) is 4.37. The first-order chi connectivity index (χ1) is 6.80. The second-order valence-corrected chi connectivity index (χ2v) is 4.73. The maximum absolute atomic E-state index is 9.78. The zero-order valence-corrected chi connectivity index (χ0v) is 10.3. The predicted octanol–water partition coefficient (Wildman–Crippen LogP) is 2.61. The van der Waals surface area contributed by atoms with Crippen LogP contribution in [0.2, 0.25) is 5.15 Å². The molecule has 0 saturated heterocycles. The van der Waals surface area contributed by atoms with Gasteiger partial charge in [-0.15, -0.1) is 0 Å². The largest absolute Gasteiger partial charge is 0.388 e. The van der Waals surface area contributed by atoms with Crippen LogP contribution in [0, 0.1) is 6.92 Å². The summed E-state index contributed by atoms with van der Waals surface area (Å²) in [5.41, 5.74) is 0.990. The molecule has 1 rings (SSSR count). The molecule has 1 atom stereocenters. The minimum atomic E-state index is -0.799. The van der Waals surface area contributed by atoms with Crippen LogP contribution in [-0.4, -0.2) is 21.7 Å². The third-order valence-electron chi connectivity index (χ3n) is 2.41. The van der Waals surface area contributed by atoms with E-state index in [4.69, 9.17) is 11.6 Å². The van der Waals surface area contributed by atoms with Gasteiger partial charge in [-0.05, 0) is 39.3 Å². The van der Waals surface area contributed by atoms with Crippen LogP contribution >= 0.6 is 11.6 Å². The summed E-state index contributed by atoms with van der Waals surface area (Å²) >= 11 is 5.94. The van der Waals surface area contributed by atoms with Crippen molar-refractivity contribution in [2.75, 3.05) is 5.32 Å². The highest BCUT2D eigenvalue weighted by molar-refractivity contribution is 6.31. The SMILES string of the molecule is Cc1cnc(Cl)c(NC(C)C(C)(C)O)c1. The topological polar surface area (TPSA) is 45.2 Å². The highest BCUT2D eigenvalue weighted by atomic mass is 35.5. The van der Waals surface area contributed by atoms with Gasteiger partial charge in [0.25, 0.3) is 0 Å². The number of hydrogen-bond donors (Lipinski definition) is 2. The third kappa shape index (κ3) is 3.36. The molecule has 1 aromatic rings. The zero-order valence-electron chi connectivity index (χ0n) is 9.50. The molecule has 0 fully saturated rings. The fourth-order valence-corrected chi connectivity index (χ4v) is 1.22. The number of nitrogens with one attached hydrogen (secondary N) is 1. The number of rotatable bonds is 3. The molecule has 0 amide bonds. The molecule has 1 heterocycles. The molecule has 0 aromatic carbocycles. The Morgan fingerprint density at radius 1 is 1.53 bits per heavy atom. The Bertz CT molecular complexity index is 347. The fraction of sp³-hybridized carbons (Fsp3) is 0.545. The molecule has 0 saturated carbocycles. The van der Waals surface area contributed by atoms with E-state index < -0.39 is 5.60 Å². The van der Waals surface area contributed by atoms with Gasteiger partial charge in [0.15, 0.2) is 5.15 Å². The summed E-state index contributed by atoms with van der Waals surface area (Å²) in [5.74, 6) is 0. The lowest BCUT2D eigenvalue weighted by molar-refractivity contribution is 0.0649. The van der Waals surface area contributed by atoms with Crippen molar-refractivity contribution in [3.63, 3.8) is 0 Å². The molecule has 0 aliphatic heterocycles. The van der Waals surface area contributed by atoms with E-state index in [9.17, 15) is 5.11 Å². The van der Waals surface area contributed by atoms with E-state index in [2.05, 4.69) is 10.3 Å². The first kappa shape index (κ1) is 12.3. The molecule has 84 valence electrons. The molecular weight excluding hydrogens is 212 g/mol. The van der Waals surface area contributed by atoms with Crippen molar-refractivity contribution in [3.8, 4) is 0 Å². The van der Waals surface area contributed by atoms with Gasteiger partial charge in [0, 0.05) is 6.20 Å². The Morgan fingerprint density at radius 2 is 2.13 bits per heavy atom. The maximum atomic E-state index is 9.78. The van der Waals surface area contributed by atoms with Crippen molar-refractivity contribution in [2.45, 2.75) is 39.3 Å². The molecule has 0 aliphatic rings. The molecule has 0 spiro atoms. The summed E-state index contributed by atoms with van der Waals surface area (Å²) in [4.78, 5) is 4.04. The Labute approximate surface area is 95.5 Å². The third-order valence-corrected chi connectivity index (χ3v) is 2.71. The number of halogens is 1. The van der Waals surface area contributed by atoms with E-state index in [0.29, 0.717) is 5.15 Å². The van der Waals surface area contributed by atoms with Gasteiger partial charge in [-0.1, -0.05) is 11.6 Å². The van der Waals surface area contributed by atoms with Crippen LogP contribution < -0.4 is 5.32 Å². The summed E-state index contributed by atoms with van der Waals surface area (Å²) in [6, 6.07) is 1.82. The average Bonchev–Trinajstić information content (AvgIpc) is 2.09. The first-order valence-corrected chi connectivity index (χ1v) is 5.29. The van der Waals surface area contributed by atoms with Gasteiger partial charge in [-0.25, -0.2) is 4.98 Å². The summed E-state index contributed by atoms with van der Waals surface area (Å²) in [7, 11) is 0. The normalized spacial score (nSPS) is 13.7. The van der Waals surface area contributed by atoms with Gasteiger partial charge >= 0.3 is 0 Å². The van der Waals surface area contributed by atoms with Crippen LogP contribution in [-0.2, 0) is 0 Å². The Balaban J connectivity index is 2.85. The molecule has 1 unspecified atom stereocenters. The summed E-state index contributed by atoms with van der Waals surface area (Å²) in [6.45, 7) is 7.35. The van der Waals surface area contributed by atoms with Crippen molar-refractivity contribution in [2.24, 2.45) is 0 Å². The van der Waals surface area contributed by atoms with Crippen LogP contribution in [0.1, 0.15) is 26.3 Å². The van der Waals surface area contributed by atoms with E-state index in [-0.39, 0.29) is 6.04 Å². The van der Waals surface area contributed by atoms with Gasteiger partial charge < -0.3 is 10.4 Å². The molecule has 2 N–H and O–H groups in total. The number of aryl methyl sites for hydroxylation is 1. The van der Waals surface area contributed by atoms with Crippen molar-refractivity contribution in [1.29, 1.82) is 0 Å². The number of pyridine rings is 1. The van der Waals surface area contributed by atoms with Crippen LogP contribution in [0.4, 0.5) is 5.69 Å². The van der Waals surface area contributed by atoms with Crippen LogP contribution in [0.15, 0.2) is 12.3 Å². The van der Waals surface area contributed by atoms with Gasteiger partial charge in [-0.3, -0.25) is 0 Å². The first-order valence-electron chi connectivity index (χ1n) is 4.92. The molecule has 0 radical (unpaired) electrons. The molecule has 4 heteroatoms. The van der Waals surface area contributed by atoms with E-state index >= 15 is 0 Å². The molecule has 0 aliphatic carbocycles. The highest BCUT2D eigenvalue weighted by Gasteiger charge is 2.22. The standard InChI is InChI=1S/C11H17ClN2O/c1-7-5-9(10(12)13-6-7)14-8(2)11(3,4)15/h5-6,8,14-15H,1-4H3. The molecule has 0 bridgehead atoms. The van der Waals surface area contributed by atoms with E-state index in [0.717, 1.165) is 11.3 Å². The summed E-state index contributed by atoms with van der Waals surface area (Å²) in [5, 5.41) is 13.4. The number of hydrogen-bond acceptors (Lipinski definition) is 3. The summed E-state index contributed by atoms with van der Waals surface area (Å²) in [6.07, 6.45) is 1.71. The Hall–Kier alpha value is -0.800. The van der Waals surface area contributed by atoms with Gasteiger partial charge in [0.2, 0.25) is 0 Å². The number of aromatic nitrogens is 1. The van der Waals surface area contributed by atoms with Gasteiger partial charge in [0.05, 0.1) is 17.3 Å². The zero-order chi connectivity index (χ0) is 11.6. The molecule has 3 nitrogen and oxygen atoms in total. The van der Waals surface area contributed by atoms with Crippen LogP contribution in [0.5, 0.6) is 0 Å². The lowest BCUT2D eigenvalue weighted by atomic mass is 10.0. The highest BCUT2D eigenvalue weighted by Crippen LogP contribution is 2.23. The van der Waals surface area contributed by atoms with Crippen LogP contribution in [0.25, 0.3) is 0 Å². The van der Waals surface area contributed by atoms with Crippen molar-refractivity contribution in [1.82, 2.24) is 4.98 Å². The van der Waals surface area contributed by atoms with E-state index in [1.54, 1.807) is 20.0 Å². The average molecular weight is 229 g/mol. The minimum Gasteiger partial charge on any atom is -0.388 e. The summed E-state index contributed by atoms with van der Waals surface area (Å²) < 4.78 is 0. The lowest BCUT2D eigenvalue weighted by Crippen LogP contribution is -2.39. The molecule has 15 heavy (non-hydrogen) atoms. The Kier molecular flexibility index (Phi) is 3.58. The van der Waals surface area contributed by atoms with Crippen LogP contribution in [0.3, 0.4) is 0 Å². The number of anilines is 1. The fourth-order valence-electron chi connectivity index (χ4n) is 1.06. The van der Waals surface area contributed by atoms with E-state index in [1.807, 2.05) is 19.9 Å². The maximum Gasteiger partial charge on any atom is 0.152 e. The second-order valence-electron chi connectivity index (χ2n) is 4.37. The predicted molar refractivity (Wildman–Crippen MR) is 63.4 cm³/mol. The van der Waals surface area contributed by atoms with Gasteiger partial charge in [0.1, 0.15) is 0 Å². The minimum absolute atomic E-state index is 0.0985. The number of nitrogens with zero attached hydrogens (tertiary/aromatic N) is 1. The quantitative estimate of drug-likeness (QED) is 0.782. The monoisotopic (exact) mass is 228 g/mol. The smallest absolute Gasteiger partial charge is 0.152 e. The van der Waals surface area contributed by atoms with Crippen molar-refractivity contribution < 1.29 is 5.11 Å². The van der Waals surface area contributed by atoms with Crippen molar-refractivity contribution >= 4 is 17.3 Å². The lowest BCUT2D eigenvalue weighted by Gasteiger charge is -2.27. The van der Waals surface area contributed by atoms with Crippen molar-refractivity contribution in [3.05, 3.63) is 23.0 Å². The molecular formula is C11H17ClN2O. The Morgan fingerprint density at radius 3 is 2.67 bits per heavy atom. The van der Waals surface area contributed by atoms with Gasteiger partial charge in [-0.2, -0.15) is 0 Å².